The van der Waals surface area contributed by atoms with E-state index in [4.69, 9.17) is 37.9 Å². The second-order valence-corrected chi connectivity index (χ2v) is 8.32. The Kier molecular flexibility index (Phi) is 6.46. The highest BCUT2D eigenvalue weighted by Crippen LogP contribution is 2.42. The first-order valence-electron chi connectivity index (χ1n) is 9.14. The van der Waals surface area contributed by atoms with Crippen molar-refractivity contribution in [2.75, 3.05) is 6.61 Å². The molecule has 2 heterocycles. The monoisotopic (exact) mass is 444 g/mol. The number of azide groups is 1. The molecule has 2 fully saturated rings. The third-order valence-corrected chi connectivity index (χ3v) is 6.31. The maximum Gasteiger partial charge on any atom is 0.200 e. The molecule has 2 aliphatic heterocycles. The summed E-state index contributed by atoms with van der Waals surface area (Å²) in [6, 6.07) is 13.4. The van der Waals surface area contributed by atoms with Crippen molar-refractivity contribution in [3.8, 4) is 0 Å². The molecule has 2 aromatic carbocycles. The number of benzene rings is 2. The molecule has 4 rings (SSSR count). The van der Waals surface area contributed by atoms with Crippen LogP contribution in [0.1, 0.15) is 11.9 Å². The molecule has 2 aromatic rings. The highest BCUT2D eigenvalue weighted by Gasteiger charge is 2.49. The molecule has 0 radical (unpaired) electrons. The first-order chi connectivity index (χ1) is 14.6. The summed E-state index contributed by atoms with van der Waals surface area (Å²) in [5.41, 5.74) is 9.48. The zero-order valence-corrected chi connectivity index (χ0v) is 17.1. The van der Waals surface area contributed by atoms with Crippen LogP contribution >= 0.6 is 23.4 Å². The van der Waals surface area contributed by atoms with Gasteiger partial charge in [-0.25, -0.2) is 4.85 Å². The highest BCUT2D eigenvalue weighted by atomic mass is 35.5. The Hall–Kier alpha value is -2.28. The molecule has 3 unspecified atom stereocenters. The van der Waals surface area contributed by atoms with Crippen molar-refractivity contribution in [3.63, 3.8) is 0 Å². The third kappa shape index (κ3) is 4.26. The van der Waals surface area contributed by atoms with Crippen LogP contribution in [0.4, 0.5) is 5.69 Å². The minimum atomic E-state index is -1.15. The molecule has 0 bridgehead atoms. The molecule has 8 nitrogen and oxygen atoms in total. The summed E-state index contributed by atoms with van der Waals surface area (Å²) in [6.07, 6.45) is -3.02. The van der Waals surface area contributed by atoms with Crippen LogP contribution in [0.25, 0.3) is 15.3 Å². The van der Waals surface area contributed by atoms with E-state index in [1.54, 1.807) is 18.2 Å². The third-order valence-electron chi connectivity index (χ3n) is 4.88. The number of rotatable bonds is 4. The zero-order chi connectivity index (χ0) is 21.1. The van der Waals surface area contributed by atoms with Crippen molar-refractivity contribution in [1.82, 2.24) is 0 Å². The van der Waals surface area contributed by atoms with Crippen molar-refractivity contribution < 1.29 is 19.3 Å². The van der Waals surface area contributed by atoms with Gasteiger partial charge in [-0.15, -0.1) is 11.8 Å². The van der Waals surface area contributed by atoms with Gasteiger partial charge in [0.15, 0.2) is 6.29 Å². The van der Waals surface area contributed by atoms with Crippen LogP contribution in [-0.2, 0) is 14.2 Å². The predicted molar refractivity (Wildman–Crippen MR) is 111 cm³/mol. The first kappa shape index (κ1) is 21.0. The van der Waals surface area contributed by atoms with E-state index in [9.17, 15) is 5.11 Å². The Morgan fingerprint density at radius 3 is 2.73 bits per heavy atom. The van der Waals surface area contributed by atoms with Gasteiger partial charge >= 0.3 is 0 Å². The quantitative estimate of drug-likeness (QED) is 0.314. The van der Waals surface area contributed by atoms with Crippen molar-refractivity contribution in [1.29, 1.82) is 0 Å². The van der Waals surface area contributed by atoms with Gasteiger partial charge in [-0.2, -0.15) is 0 Å². The SMILES string of the molecule is [C-]#[N+]c1ccc(Cl)cc1S[C@H]1OC2COC(c3ccccc3)O[C@@H]2C(N=[N+]=[N-])[C@@H]1O. The lowest BCUT2D eigenvalue weighted by Crippen LogP contribution is -2.60. The van der Waals surface area contributed by atoms with Crippen LogP contribution in [0.5, 0.6) is 0 Å². The van der Waals surface area contributed by atoms with Gasteiger partial charge in [0.05, 0.1) is 19.2 Å². The normalized spacial score (nSPS) is 30.6. The molecule has 0 amide bonds. The lowest BCUT2D eigenvalue weighted by atomic mass is 9.97. The van der Waals surface area contributed by atoms with Crippen LogP contribution in [0.2, 0.25) is 5.02 Å². The molecule has 0 aromatic heterocycles. The van der Waals surface area contributed by atoms with Gasteiger partial charge in [0.2, 0.25) is 5.69 Å². The van der Waals surface area contributed by atoms with Crippen molar-refractivity contribution >= 4 is 29.1 Å². The second-order valence-electron chi connectivity index (χ2n) is 6.75. The zero-order valence-electron chi connectivity index (χ0n) is 15.5. The van der Waals surface area contributed by atoms with Gasteiger partial charge in [0, 0.05) is 20.4 Å². The fraction of sp³-hybridized carbons (Fsp3) is 0.350. The molecule has 1 N–H and O–H groups in total. The lowest BCUT2D eigenvalue weighted by molar-refractivity contribution is -0.297. The van der Waals surface area contributed by atoms with Crippen LogP contribution < -0.4 is 0 Å². The van der Waals surface area contributed by atoms with E-state index in [2.05, 4.69) is 14.9 Å². The van der Waals surface area contributed by atoms with E-state index < -0.39 is 36.1 Å². The van der Waals surface area contributed by atoms with Crippen LogP contribution in [0.15, 0.2) is 58.5 Å². The molecule has 2 saturated heterocycles. The average molecular weight is 445 g/mol. The summed E-state index contributed by atoms with van der Waals surface area (Å²) in [5, 5.41) is 15.2. The van der Waals surface area contributed by atoms with Crippen LogP contribution in [-0.4, -0.2) is 41.5 Å². The van der Waals surface area contributed by atoms with E-state index >= 15 is 0 Å². The fourth-order valence-corrected chi connectivity index (χ4v) is 4.86. The molecule has 30 heavy (non-hydrogen) atoms. The summed E-state index contributed by atoms with van der Waals surface area (Å²) >= 11 is 7.22. The summed E-state index contributed by atoms with van der Waals surface area (Å²) in [5.74, 6) is 0. The maximum atomic E-state index is 10.9. The molecule has 0 spiro atoms. The number of hydrogen-bond donors (Lipinski definition) is 1. The Balaban J connectivity index is 1.57. The van der Waals surface area contributed by atoms with E-state index in [0.29, 0.717) is 15.6 Å². The number of ether oxygens (including phenoxy) is 3. The van der Waals surface area contributed by atoms with Gasteiger partial charge in [0.25, 0.3) is 0 Å². The van der Waals surface area contributed by atoms with Crippen LogP contribution in [0.3, 0.4) is 0 Å². The number of halogens is 1. The standard InChI is InChI=1S/C20H17ClN4O4S/c1-23-13-8-7-12(21)9-15(13)30-20-17(26)16(24-25-22)18-14(28-20)10-27-19(29-18)11-5-3-2-4-6-11/h2-9,14,16-20,26H,10H2/t14?,16?,17-,18-,19?,20+/m0/s1. The van der Waals surface area contributed by atoms with E-state index in [-0.39, 0.29) is 6.61 Å². The first-order valence-corrected chi connectivity index (χ1v) is 10.4. The van der Waals surface area contributed by atoms with Crippen molar-refractivity contribution in [2.24, 2.45) is 5.11 Å². The van der Waals surface area contributed by atoms with Gasteiger partial charge in [0.1, 0.15) is 23.7 Å². The van der Waals surface area contributed by atoms with Gasteiger partial charge in [-0.05, 0) is 11.6 Å². The second kappa shape index (κ2) is 9.25. The minimum absolute atomic E-state index is 0.205. The minimum Gasteiger partial charge on any atom is -0.389 e. The molecular formula is C20H17ClN4O4S. The highest BCUT2D eigenvalue weighted by molar-refractivity contribution is 8.00. The summed E-state index contributed by atoms with van der Waals surface area (Å²) in [7, 11) is 0. The maximum absolute atomic E-state index is 10.9. The van der Waals surface area contributed by atoms with Crippen molar-refractivity contribution in [2.45, 2.75) is 41.0 Å². The van der Waals surface area contributed by atoms with E-state index in [0.717, 1.165) is 17.3 Å². The number of aliphatic hydroxyl groups excluding tert-OH is 1. The molecular weight excluding hydrogens is 428 g/mol. The predicted octanol–water partition coefficient (Wildman–Crippen LogP) is 4.86. The Labute approximate surface area is 182 Å². The molecule has 154 valence electrons. The number of thioether (sulfide) groups is 1. The molecule has 0 aliphatic carbocycles. The number of hydrogen-bond acceptors (Lipinski definition) is 6. The lowest BCUT2D eigenvalue weighted by Gasteiger charge is -2.46. The summed E-state index contributed by atoms with van der Waals surface area (Å²) < 4.78 is 17.9. The summed E-state index contributed by atoms with van der Waals surface area (Å²) in [6.45, 7) is 7.54. The number of fused-ring (bicyclic) bond motifs is 1. The Morgan fingerprint density at radius 1 is 1.20 bits per heavy atom. The van der Waals surface area contributed by atoms with Gasteiger partial charge in [-0.3, -0.25) is 0 Å². The van der Waals surface area contributed by atoms with Crippen molar-refractivity contribution in [3.05, 3.63) is 81.0 Å². The largest absolute Gasteiger partial charge is 0.389 e. The topological polar surface area (TPSA) is 101 Å². The fourth-order valence-electron chi connectivity index (χ4n) is 3.45. The molecule has 2 aliphatic rings. The molecule has 0 saturated carbocycles. The molecule has 10 heteroatoms. The molecule has 6 atom stereocenters. The average Bonchev–Trinajstić information content (AvgIpc) is 2.77. The van der Waals surface area contributed by atoms with E-state index in [1.807, 2.05) is 30.3 Å². The number of aliphatic hydroxyl groups is 1. The van der Waals surface area contributed by atoms with Crippen LogP contribution in [0, 0.1) is 6.57 Å². The smallest absolute Gasteiger partial charge is 0.200 e. The summed E-state index contributed by atoms with van der Waals surface area (Å²) in [4.78, 5) is 6.95. The number of nitrogens with zero attached hydrogens (tertiary/aromatic N) is 4. The Morgan fingerprint density at radius 2 is 2.00 bits per heavy atom. The van der Waals surface area contributed by atoms with Gasteiger partial charge < -0.3 is 19.3 Å². The van der Waals surface area contributed by atoms with Gasteiger partial charge in [-0.1, -0.05) is 59.2 Å². The Bertz CT molecular complexity index is 998. The van der Waals surface area contributed by atoms with E-state index in [1.165, 1.54) is 0 Å².